The van der Waals surface area contributed by atoms with Crippen LogP contribution in [0.2, 0.25) is 0 Å². The predicted octanol–water partition coefficient (Wildman–Crippen LogP) is 0.852. The lowest BCUT2D eigenvalue weighted by Gasteiger charge is -2.00. The highest BCUT2D eigenvalue weighted by Gasteiger charge is 2.21. The summed E-state index contributed by atoms with van der Waals surface area (Å²) in [5.74, 6) is -0.142. The topological polar surface area (TPSA) is 113 Å². The first-order valence-corrected chi connectivity index (χ1v) is 5.31. The fourth-order valence-electron chi connectivity index (χ4n) is 1.18. The SMILES string of the molecule is Cn1cc(Sc2ncnc(N)c2[N+](=O)[O-])cn1. The number of aromatic nitrogens is 4. The first-order chi connectivity index (χ1) is 8.08. The van der Waals surface area contributed by atoms with E-state index >= 15 is 0 Å². The molecule has 0 aliphatic rings. The molecule has 88 valence electrons. The average molecular weight is 252 g/mol. The van der Waals surface area contributed by atoms with Crippen LogP contribution < -0.4 is 5.73 Å². The molecule has 0 radical (unpaired) electrons. The van der Waals surface area contributed by atoms with Crippen LogP contribution in [0.25, 0.3) is 0 Å². The highest BCUT2D eigenvalue weighted by molar-refractivity contribution is 7.99. The zero-order valence-electron chi connectivity index (χ0n) is 8.77. The highest BCUT2D eigenvalue weighted by atomic mass is 32.2. The third-order valence-corrected chi connectivity index (χ3v) is 2.83. The molecule has 0 saturated carbocycles. The van der Waals surface area contributed by atoms with E-state index in [1.54, 1.807) is 24.1 Å². The lowest BCUT2D eigenvalue weighted by atomic mass is 10.5. The largest absolute Gasteiger partial charge is 0.378 e. The number of nitro groups is 1. The van der Waals surface area contributed by atoms with Gasteiger partial charge < -0.3 is 5.73 Å². The van der Waals surface area contributed by atoms with E-state index < -0.39 is 4.92 Å². The first kappa shape index (κ1) is 11.3. The summed E-state index contributed by atoms with van der Waals surface area (Å²) in [6, 6.07) is 0. The molecule has 0 spiro atoms. The second-order valence-corrected chi connectivity index (χ2v) is 4.18. The molecule has 2 rings (SSSR count). The van der Waals surface area contributed by atoms with Crippen molar-refractivity contribution in [3.63, 3.8) is 0 Å². The van der Waals surface area contributed by atoms with Gasteiger partial charge in [-0.2, -0.15) is 5.10 Å². The predicted molar refractivity (Wildman–Crippen MR) is 60.4 cm³/mol. The summed E-state index contributed by atoms with van der Waals surface area (Å²) in [6.07, 6.45) is 4.51. The van der Waals surface area contributed by atoms with Gasteiger partial charge in [-0.15, -0.1) is 0 Å². The molecule has 0 bridgehead atoms. The number of hydrogen-bond donors (Lipinski definition) is 1. The maximum atomic E-state index is 10.8. The van der Waals surface area contributed by atoms with Gasteiger partial charge in [0.1, 0.15) is 6.33 Å². The van der Waals surface area contributed by atoms with Crippen molar-refractivity contribution >= 4 is 23.3 Å². The number of nitrogens with zero attached hydrogens (tertiary/aromatic N) is 5. The molecule has 0 aliphatic carbocycles. The van der Waals surface area contributed by atoms with E-state index in [-0.39, 0.29) is 16.5 Å². The molecule has 0 saturated heterocycles. The second kappa shape index (κ2) is 4.37. The Morgan fingerprint density at radius 1 is 1.53 bits per heavy atom. The van der Waals surface area contributed by atoms with Gasteiger partial charge in [-0.3, -0.25) is 14.8 Å². The summed E-state index contributed by atoms with van der Waals surface area (Å²) < 4.78 is 1.60. The fourth-order valence-corrected chi connectivity index (χ4v) is 2.09. The second-order valence-electron chi connectivity index (χ2n) is 3.12. The number of nitrogen functional groups attached to an aromatic ring is 1. The Morgan fingerprint density at radius 2 is 2.29 bits per heavy atom. The molecule has 0 amide bonds. The summed E-state index contributed by atoms with van der Waals surface area (Å²) in [6.45, 7) is 0. The standard InChI is InChI=1S/C8H8N6O2S/c1-13-3-5(2-12-13)17-8-6(14(15)16)7(9)10-4-11-8/h2-4H,1H3,(H2,9,10,11). The first-order valence-electron chi connectivity index (χ1n) is 4.49. The molecule has 0 atom stereocenters. The average Bonchev–Trinajstić information content (AvgIpc) is 2.63. The Balaban J connectivity index is 2.39. The normalized spacial score (nSPS) is 10.4. The zero-order valence-corrected chi connectivity index (χ0v) is 9.59. The number of anilines is 1. The van der Waals surface area contributed by atoms with Gasteiger partial charge in [0.25, 0.3) is 0 Å². The van der Waals surface area contributed by atoms with Crippen molar-refractivity contribution < 1.29 is 4.92 Å². The molecule has 0 aromatic carbocycles. The summed E-state index contributed by atoms with van der Waals surface area (Å²) in [5.41, 5.74) is 5.18. The van der Waals surface area contributed by atoms with Crippen LogP contribution in [0.3, 0.4) is 0 Å². The molecule has 9 heteroatoms. The van der Waals surface area contributed by atoms with Crippen molar-refractivity contribution in [1.82, 2.24) is 19.7 Å². The molecule has 0 fully saturated rings. The Morgan fingerprint density at radius 3 is 2.88 bits per heavy atom. The Kier molecular flexibility index (Phi) is 2.91. The van der Waals surface area contributed by atoms with Gasteiger partial charge in [0.15, 0.2) is 5.03 Å². The Hall–Kier alpha value is -2.16. The third-order valence-electron chi connectivity index (χ3n) is 1.90. The molecule has 2 aromatic rings. The fraction of sp³-hybridized carbons (Fsp3) is 0.125. The minimum absolute atomic E-state index is 0.142. The Labute approximate surface area is 100 Å². The van der Waals surface area contributed by atoms with Crippen molar-refractivity contribution in [2.24, 2.45) is 7.05 Å². The Bertz CT molecular complexity index is 569. The zero-order chi connectivity index (χ0) is 12.4. The monoisotopic (exact) mass is 252 g/mol. The van der Waals surface area contributed by atoms with Crippen molar-refractivity contribution in [1.29, 1.82) is 0 Å². The molecule has 2 aromatic heterocycles. The molecule has 17 heavy (non-hydrogen) atoms. The number of nitrogens with two attached hydrogens (primary N) is 1. The van der Waals surface area contributed by atoms with Crippen LogP contribution in [0.1, 0.15) is 0 Å². The van der Waals surface area contributed by atoms with E-state index in [2.05, 4.69) is 15.1 Å². The smallest absolute Gasteiger partial charge is 0.343 e. The van der Waals surface area contributed by atoms with Crippen LogP contribution in [0.4, 0.5) is 11.5 Å². The van der Waals surface area contributed by atoms with Gasteiger partial charge in [-0.1, -0.05) is 11.8 Å². The van der Waals surface area contributed by atoms with Crippen LogP contribution in [0.15, 0.2) is 28.6 Å². The summed E-state index contributed by atoms with van der Waals surface area (Å²) in [7, 11) is 1.76. The number of aryl methyl sites for hydroxylation is 1. The summed E-state index contributed by atoms with van der Waals surface area (Å²) in [5, 5.41) is 15.0. The lowest BCUT2D eigenvalue weighted by Crippen LogP contribution is -2.01. The van der Waals surface area contributed by atoms with E-state index in [4.69, 9.17) is 5.73 Å². The molecule has 0 aliphatic heterocycles. The molecule has 2 heterocycles. The van der Waals surface area contributed by atoms with Gasteiger partial charge >= 0.3 is 5.69 Å². The summed E-state index contributed by atoms with van der Waals surface area (Å²) in [4.78, 5) is 18.5. The van der Waals surface area contributed by atoms with Crippen molar-refractivity contribution in [3.05, 3.63) is 28.8 Å². The maximum Gasteiger partial charge on any atom is 0.343 e. The third kappa shape index (κ3) is 2.33. The lowest BCUT2D eigenvalue weighted by molar-refractivity contribution is -0.387. The van der Waals surface area contributed by atoms with Gasteiger partial charge in [0.05, 0.1) is 16.0 Å². The van der Waals surface area contributed by atoms with Crippen molar-refractivity contribution in [2.75, 3.05) is 5.73 Å². The van der Waals surface area contributed by atoms with E-state index in [0.29, 0.717) is 0 Å². The molecular weight excluding hydrogens is 244 g/mol. The van der Waals surface area contributed by atoms with Crippen LogP contribution in [0, 0.1) is 10.1 Å². The maximum absolute atomic E-state index is 10.8. The van der Waals surface area contributed by atoms with Crippen molar-refractivity contribution in [3.8, 4) is 0 Å². The van der Waals surface area contributed by atoms with E-state index in [0.717, 1.165) is 16.7 Å². The minimum atomic E-state index is -0.589. The van der Waals surface area contributed by atoms with Gasteiger partial charge in [-0.25, -0.2) is 9.97 Å². The van der Waals surface area contributed by atoms with Gasteiger partial charge in [0, 0.05) is 13.2 Å². The van der Waals surface area contributed by atoms with Gasteiger partial charge in [0.2, 0.25) is 5.82 Å². The van der Waals surface area contributed by atoms with E-state index in [9.17, 15) is 10.1 Å². The van der Waals surface area contributed by atoms with Crippen LogP contribution >= 0.6 is 11.8 Å². The van der Waals surface area contributed by atoms with Crippen LogP contribution in [0.5, 0.6) is 0 Å². The number of rotatable bonds is 3. The molecule has 2 N–H and O–H groups in total. The molecular formula is C8H8N6O2S. The van der Waals surface area contributed by atoms with Crippen LogP contribution in [-0.2, 0) is 7.05 Å². The molecule has 0 unspecified atom stereocenters. The quantitative estimate of drug-likeness (QED) is 0.489. The van der Waals surface area contributed by atoms with E-state index in [1.165, 1.54) is 6.33 Å². The summed E-state index contributed by atoms with van der Waals surface area (Å²) >= 11 is 1.12. The minimum Gasteiger partial charge on any atom is -0.378 e. The molecule has 8 nitrogen and oxygen atoms in total. The number of hydrogen-bond acceptors (Lipinski definition) is 7. The highest BCUT2D eigenvalue weighted by Crippen LogP contribution is 2.34. The van der Waals surface area contributed by atoms with Crippen molar-refractivity contribution in [2.45, 2.75) is 9.92 Å². The van der Waals surface area contributed by atoms with Gasteiger partial charge in [-0.05, 0) is 0 Å². The van der Waals surface area contributed by atoms with Crippen LogP contribution in [-0.4, -0.2) is 24.7 Å². The van der Waals surface area contributed by atoms with E-state index in [1.807, 2.05) is 0 Å².